The number of ether oxygens (including phenoxy) is 2. The summed E-state index contributed by atoms with van der Waals surface area (Å²) in [7, 11) is 0. The van der Waals surface area contributed by atoms with Gasteiger partial charge < -0.3 is 14.8 Å². The second kappa shape index (κ2) is 2.86. The first-order chi connectivity index (χ1) is 4.97. The van der Waals surface area contributed by atoms with Crippen molar-refractivity contribution in [2.45, 2.75) is 18.6 Å². The molecule has 2 saturated heterocycles. The van der Waals surface area contributed by atoms with Gasteiger partial charge in [0.15, 0.2) is 0 Å². The van der Waals surface area contributed by atoms with Gasteiger partial charge in [0.1, 0.15) is 0 Å². The predicted octanol–water partition coefficient (Wildman–Crippen LogP) is -0.236. The van der Waals surface area contributed by atoms with Crippen LogP contribution in [0.3, 0.4) is 0 Å². The van der Waals surface area contributed by atoms with Crippen LogP contribution in [0.2, 0.25) is 0 Å². The van der Waals surface area contributed by atoms with Crippen LogP contribution in [-0.4, -0.2) is 38.5 Å². The molecule has 2 unspecified atom stereocenters. The molecule has 2 atom stereocenters. The summed E-state index contributed by atoms with van der Waals surface area (Å²) in [6.45, 7) is 3.64. The number of fused-ring (bicyclic) bond motifs is 1. The molecule has 2 fully saturated rings. The Morgan fingerprint density at radius 3 is 3.00 bits per heavy atom. The number of rotatable bonds is 0. The second-order valence-electron chi connectivity index (χ2n) is 2.81. The molecule has 58 valence electrons. The molecule has 0 aliphatic carbocycles. The maximum atomic E-state index is 5.54. The molecular weight excluding hydrogens is 130 g/mol. The van der Waals surface area contributed by atoms with Crippen molar-refractivity contribution in [2.24, 2.45) is 0 Å². The molecular formula is C7H13NO2. The van der Waals surface area contributed by atoms with Gasteiger partial charge in [-0.05, 0) is 6.42 Å². The van der Waals surface area contributed by atoms with Gasteiger partial charge in [-0.1, -0.05) is 0 Å². The largest absolute Gasteiger partial charge is 0.374 e. The van der Waals surface area contributed by atoms with Crippen LogP contribution in [0.25, 0.3) is 0 Å². The van der Waals surface area contributed by atoms with Crippen molar-refractivity contribution in [1.29, 1.82) is 0 Å². The minimum Gasteiger partial charge on any atom is -0.374 e. The summed E-state index contributed by atoms with van der Waals surface area (Å²) in [5.41, 5.74) is 0. The topological polar surface area (TPSA) is 30.5 Å². The van der Waals surface area contributed by atoms with Gasteiger partial charge in [0, 0.05) is 19.7 Å². The third kappa shape index (κ3) is 1.17. The number of hydrogen-bond acceptors (Lipinski definition) is 3. The van der Waals surface area contributed by atoms with Gasteiger partial charge in [-0.15, -0.1) is 0 Å². The van der Waals surface area contributed by atoms with Gasteiger partial charge in [0.05, 0.1) is 18.8 Å². The SMILES string of the molecule is C1COC2CCOC2CN1. The Bertz CT molecular complexity index is 106. The molecule has 1 N–H and O–H groups in total. The lowest BCUT2D eigenvalue weighted by atomic mass is 10.2. The van der Waals surface area contributed by atoms with E-state index < -0.39 is 0 Å². The third-order valence-corrected chi connectivity index (χ3v) is 2.11. The maximum absolute atomic E-state index is 5.54. The molecule has 0 spiro atoms. The predicted molar refractivity (Wildman–Crippen MR) is 37.0 cm³/mol. The van der Waals surface area contributed by atoms with Crippen molar-refractivity contribution in [1.82, 2.24) is 5.32 Å². The first-order valence-corrected chi connectivity index (χ1v) is 3.91. The van der Waals surface area contributed by atoms with E-state index in [1.807, 2.05) is 0 Å². The number of hydrogen-bond donors (Lipinski definition) is 1. The van der Waals surface area contributed by atoms with Crippen LogP contribution in [0.15, 0.2) is 0 Å². The summed E-state index contributed by atoms with van der Waals surface area (Å²) < 4.78 is 11.0. The molecule has 0 aromatic carbocycles. The van der Waals surface area contributed by atoms with Crippen LogP contribution < -0.4 is 5.32 Å². The van der Waals surface area contributed by atoms with Crippen molar-refractivity contribution in [3.63, 3.8) is 0 Å². The first-order valence-electron chi connectivity index (χ1n) is 3.91. The summed E-state index contributed by atoms with van der Waals surface area (Å²) in [4.78, 5) is 0. The molecule has 3 nitrogen and oxygen atoms in total. The van der Waals surface area contributed by atoms with E-state index in [1.54, 1.807) is 0 Å². The minimum absolute atomic E-state index is 0.322. The molecule has 2 rings (SSSR count). The highest BCUT2D eigenvalue weighted by Gasteiger charge is 2.29. The Balaban J connectivity index is 1.95. The van der Waals surface area contributed by atoms with E-state index in [0.717, 1.165) is 32.7 Å². The fourth-order valence-corrected chi connectivity index (χ4v) is 1.54. The summed E-state index contributed by atoms with van der Waals surface area (Å²) in [5.74, 6) is 0. The van der Waals surface area contributed by atoms with Gasteiger partial charge >= 0.3 is 0 Å². The third-order valence-electron chi connectivity index (χ3n) is 2.11. The Morgan fingerprint density at radius 1 is 1.10 bits per heavy atom. The molecule has 10 heavy (non-hydrogen) atoms. The molecule has 2 aliphatic rings. The molecule has 0 radical (unpaired) electrons. The molecule has 0 amide bonds. The van der Waals surface area contributed by atoms with Gasteiger partial charge in [-0.2, -0.15) is 0 Å². The summed E-state index contributed by atoms with van der Waals surface area (Å²) in [6.07, 6.45) is 1.77. The lowest BCUT2D eigenvalue weighted by Crippen LogP contribution is -2.30. The zero-order chi connectivity index (χ0) is 6.81. The van der Waals surface area contributed by atoms with Crippen molar-refractivity contribution < 1.29 is 9.47 Å². The molecule has 0 saturated carbocycles. The lowest BCUT2D eigenvalue weighted by molar-refractivity contribution is 0.0115. The van der Waals surface area contributed by atoms with Crippen molar-refractivity contribution in [3.8, 4) is 0 Å². The molecule has 2 aliphatic heterocycles. The van der Waals surface area contributed by atoms with Crippen LogP contribution in [0.4, 0.5) is 0 Å². The average Bonchev–Trinajstić information content (AvgIpc) is 2.28. The van der Waals surface area contributed by atoms with E-state index in [9.17, 15) is 0 Å². The van der Waals surface area contributed by atoms with Gasteiger partial charge in [-0.25, -0.2) is 0 Å². The van der Waals surface area contributed by atoms with Gasteiger partial charge in [0.2, 0.25) is 0 Å². The molecule has 2 heterocycles. The van der Waals surface area contributed by atoms with Gasteiger partial charge in [0.25, 0.3) is 0 Å². The highest BCUT2D eigenvalue weighted by Crippen LogP contribution is 2.17. The lowest BCUT2D eigenvalue weighted by Gasteiger charge is -2.13. The van der Waals surface area contributed by atoms with E-state index in [2.05, 4.69) is 5.32 Å². The van der Waals surface area contributed by atoms with Crippen LogP contribution in [-0.2, 0) is 9.47 Å². The van der Waals surface area contributed by atoms with Crippen LogP contribution in [0, 0.1) is 0 Å². The zero-order valence-electron chi connectivity index (χ0n) is 6.01. The molecule has 3 heteroatoms. The highest BCUT2D eigenvalue weighted by atomic mass is 16.6. The quantitative estimate of drug-likeness (QED) is 0.508. The molecule has 0 aromatic rings. The van der Waals surface area contributed by atoms with Crippen LogP contribution in [0.5, 0.6) is 0 Å². The Labute approximate surface area is 60.7 Å². The Hall–Kier alpha value is -0.120. The average molecular weight is 143 g/mol. The monoisotopic (exact) mass is 143 g/mol. The van der Waals surface area contributed by atoms with E-state index in [4.69, 9.17) is 9.47 Å². The van der Waals surface area contributed by atoms with Crippen molar-refractivity contribution in [2.75, 3.05) is 26.3 Å². The van der Waals surface area contributed by atoms with E-state index in [1.165, 1.54) is 0 Å². The fourth-order valence-electron chi connectivity index (χ4n) is 1.54. The Kier molecular flexibility index (Phi) is 1.88. The Morgan fingerprint density at radius 2 is 2.00 bits per heavy atom. The van der Waals surface area contributed by atoms with E-state index in [0.29, 0.717) is 12.2 Å². The summed E-state index contributed by atoms with van der Waals surface area (Å²) >= 11 is 0. The fraction of sp³-hybridized carbons (Fsp3) is 1.00. The van der Waals surface area contributed by atoms with Crippen molar-refractivity contribution in [3.05, 3.63) is 0 Å². The zero-order valence-corrected chi connectivity index (χ0v) is 6.01. The highest BCUT2D eigenvalue weighted by molar-refractivity contribution is 4.80. The van der Waals surface area contributed by atoms with Crippen LogP contribution >= 0.6 is 0 Å². The molecule has 0 bridgehead atoms. The van der Waals surface area contributed by atoms with E-state index in [-0.39, 0.29) is 0 Å². The maximum Gasteiger partial charge on any atom is 0.0961 e. The second-order valence-corrected chi connectivity index (χ2v) is 2.81. The standard InChI is InChI=1S/C7H13NO2/c1-3-9-7-5-8-2-4-10-6(1)7/h6-8H,1-5H2. The number of nitrogens with one attached hydrogen (secondary N) is 1. The normalized spacial score (nSPS) is 40.8. The smallest absolute Gasteiger partial charge is 0.0961 e. The van der Waals surface area contributed by atoms with Crippen LogP contribution in [0.1, 0.15) is 6.42 Å². The van der Waals surface area contributed by atoms with E-state index >= 15 is 0 Å². The van der Waals surface area contributed by atoms with Gasteiger partial charge in [-0.3, -0.25) is 0 Å². The first kappa shape index (κ1) is 6.58. The van der Waals surface area contributed by atoms with Crippen molar-refractivity contribution >= 4 is 0 Å². The minimum atomic E-state index is 0.322. The summed E-state index contributed by atoms with van der Waals surface area (Å²) in [6, 6.07) is 0. The molecule has 0 aromatic heterocycles. The summed E-state index contributed by atoms with van der Waals surface area (Å²) in [5, 5.41) is 3.27.